The van der Waals surface area contributed by atoms with Gasteiger partial charge in [0.1, 0.15) is 0 Å². The molecule has 1 aliphatic rings. The molecule has 0 bridgehead atoms. The number of nitrogens with one attached hydrogen (secondary N) is 1. The minimum atomic E-state index is 0. The van der Waals surface area contributed by atoms with Crippen LogP contribution in [-0.4, -0.2) is 61.9 Å². The lowest BCUT2D eigenvalue weighted by Gasteiger charge is -2.34. The highest BCUT2D eigenvalue weighted by Gasteiger charge is 2.21. The average molecular weight is 512 g/mol. The number of hydrogen-bond donors (Lipinski definition) is 1. The zero-order chi connectivity index (χ0) is 19.6. The summed E-state index contributed by atoms with van der Waals surface area (Å²) in [6.07, 6.45) is 5.22. The fraction of sp³-hybridized carbons (Fsp3) is 0.545. The van der Waals surface area contributed by atoms with Gasteiger partial charge in [-0.2, -0.15) is 0 Å². The van der Waals surface area contributed by atoms with Crippen LogP contribution in [0, 0.1) is 0 Å². The zero-order valence-corrected chi connectivity index (χ0v) is 19.8. The van der Waals surface area contributed by atoms with Crippen molar-refractivity contribution in [3.63, 3.8) is 0 Å². The maximum absolute atomic E-state index is 5.98. The maximum Gasteiger partial charge on any atom is 0.194 e. The number of nitrogens with zero attached hydrogens (tertiary/aromatic N) is 3. The highest BCUT2D eigenvalue weighted by molar-refractivity contribution is 14.0. The van der Waals surface area contributed by atoms with Crippen molar-refractivity contribution in [2.24, 2.45) is 4.99 Å². The van der Waals surface area contributed by atoms with Crippen LogP contribution < -0.4 is 5.32 Å². The Morgan fingerprint density at radius 3 is 2.76 bits per heavy atom. The Kier molecular flexibility index (Phi) is 10.7. The van der Waals surface area contributed by atoms with E-state index in [2.05, 4.69) is 46.4 Å². The third-order valence-corrected chi connectivity index (χ3v) is 5.04. The van der Waals surface area contributed by atoms with Crippen molar-refractivity contribution in [1.82, 2.24) is 15.2 Å². The van der Waals surface area contributed by atoms with E-state index in [1.54, 1.807) is 7.11 Å². The quantitative estimate of drug-likeness (QED) is 0.252. The first-order valence-corrected chi connectivity index (χ1v) is 10.3. The summed E-state index contributed by atoms with van der Waals surface area (Å²) in [7, 11) is 1.73. The van der Waals surface area contributed by atoms with Gasteiger partial charge in [-0.3, -0.25) is 4.98 Å². The first kappa shape index (κ1) is 23.8. The predicted octanol–water partition coefficient (Wildman–Crippen LogP) is 3.84. The molecule has 160 valence electrons. The molecule has 7 heteroatoms. The second kappa shape index (κ2) is 13.0. The molecule has 1 saturated heterocycles. The second-order valence-electron chi connectivity index (χ2n) is 7.07. The third-order valence-electron chi connectivity index (χ3n) is 5.04. The number of piperidine rings is 1. The standard InChI is InChI=1S/C22H32N4O2.HI/c1-3-23-22(26-13-10-20(11-14-26)28-16-6-15-27-2)25-17-19-8-4-7-18-9-5-12-24-21(18)19;/h4-5,7-9,12,20H,3,6,10-11,13-17H2,1-2H3,(H,23,25);1H. The first-order chi connectivity index (χ1) is 13.8. The van der Waals surface area contributed by atoms with E-state index in [1.165, 1.54) is 0 Å². The minimum Gasteiger partial charge on any atom is -0.385 e. The highest BCUT2D eigenvalue weighted by Crippen LogP contribution is 2.18. The van der Waals surface area contributed by atoms with Crippen molar-refractivity contribution in [1.29, 1.82) is 0 Å². The molecule has 2 heterocycles. The number of aliphatic imine (C=N–C) groups is 1. The number of halogens is 1. The van der Waals surface area contributed by atoms with Crippen molar-refractivity contribution in [2.75, 3.05) is 40.0 Å². The van der Waals surface area contributed by atoms with Crippen LogP contribution in [0.1, 0.15) is 31.7 Å². The van der Waals surface area contributed by atoms with Gasteiger partial charge in [0.05, 0.1) is 18.2 Å². The summed E-state index contributed by atoms with van der Waals surface area (Å²) in [4.78, 5) is 11.8. The summed E-state index contributed by atoms with van der Waals surface area (Å²) in [5.74, 6) is 0.980. The molecule has 1 aliphatic heterocycles. The summed E-state index contributed by atoms with van der Waals surface area (Å²) in [6, 6.07) is 10.4. The zero-order valence-electron chi connectivity index (χ0n) is 17.5. The molecule has 0 amide bonds. The largest absolute Gasteiger partial charge is 0.385 e. The number of aromatic nitrogens is 1. The number of methoxy groups -OCH3 is 1. The number of para-hydroxylation sites is 1. The van der Waals surface area contributed by atoms with Crippen molar-refractivity contribution < 1.29 is 9.47 Å². The Labute approximate surface area is 191 Å². The molecule has 6 nitrogen and oxygen atoms in total. The normalized spacial score (nSPS) is 15.4. The molecule has 0 saturated carbocycles. The van der Waals surface area contributed by atoms with E-state index >= 15 is 0 Å². The van der Waals surface area contributed by atoms with Gasteiger partial charge in [0.2, 0.25) is 0 Å². The first-order valence-electron chi connectivity index (χ1n) is 10.3. The van der Waals surface area contributed by atoms with Crippen LogP contribution in [-0.2, 0) is 16.0 Å². The average Bonchev–Trinajstić information content (AvgIpc) is 2.75. The van der Waals surface area contributed by atoms with Gasteiger partial charge in [-0.15, -0.1) is 24.0 Å². The summed E-state index contributed by atoms with van der Waals surface area (Å²) in [5, 5.41) is 4.60. The third kappa shape index (κ3) is 7.08. The van der Waals surface area contributed by atoms with Crippen molar-refractivity contribution in [3.05, 3.63) is 42.1 Å². The molecule has 29 heavy (non-hydrogen) atoms. The smallest absolute Gasteiger partial charge is 0.194 e. The SMILES string of the molecule is CCNC(=NCc1cccc2cccnc12)N1CCC(OCCCOC)CC1.I. The molecule has 1 N–H and O–H groups in total. The van der Waals surface area contributed by atoms with E-state index in [0.29, 0.717) is 12.6 Å². The van der Waals surface area contributed by atoms with E-state index in [4.69, 9.17) is 14.5 Å². The molecule has 0 radical (unpaired) electrons. The van der Waals surface area contributed by atoms with Gasteiger partial charge < -0.3 is 19.7 Å². The van der Waals surface area contributed by atoms with E-state index < -0.39 is 0 Å². The van der Waals surface area contributed by atoms with Crippen LogP contribution in [0.4, 0.5) is 0 Å². The van der Waals surface area contributed by atoms with E-state index in [-0.39, 0.29) is 24.0 Å². The Morgan fingerprint density at radius 1 is 1.21 bits per heavy atom. The van der Waals surface area contributed by atoms with Crippen molar-refractivity contribution >= 4 is 40.8 Å². The summed E-state index contributed by atoms with van der Waals surface area (Å²) < 4.78 is 11.1. The van der Waals surface area contributed by atoms with Crippen LogP contribution in [0.3, 0.4) is 0 Å². The molecular weight excluding hydrogens is 479 g/mol. The van der Waals surface area contributed by atoms with Gasteiger partial charge in [0, 0.05) is 51.5 Å². The van der Waals surface area contributed by atoms with Gasteiger partial charge in [0.25, 0.3) is 0 Å². The molecule has 0 unspecified atom stereocenters. The molecule has 0 spiro atoms. The monoisotopic (exact) mass is 512 g/mol. The van der Waals surface area contributed by atoms with Crippen LogP contribution >= 0.6 is 24.0 Å². The molecule has 1 aromatic heterocycles. The molecule has 1 fully saturated rings. The lowest BCUT2D eigenvalue weighted by molar-refractivity contribution is 0.00990. The fourth-order valence-corrected chi connectivity index (χ4v) is 3.57. The van der Waals surface area contributed by atoms with Crippen molar-refractivity contribution in [2.45, 2.75) is 38.8 Å². The Hall–Kier alpha value is -1.45. The predicted molar refractivity (Wildman–Crippen MR) is 129 cm³/mol. The van der Waals surface area contributed by atoms with Gasteiger partial charge >= 0.3 is 0 Å². The molecule has 1 aromatic carbocycles. The van der Waals surface area contributed by atoms with Gasteiger partial charge in [0.15, 0.2) is 5.96 Å². The van der Waals surface area contributed by atoms with E-state index in [9.17, 15) is 0 Å². The minimum absolute atomic E-state index is 0. The molecule has 0 aliphatic carbocycles. The Morgan fingerprint density at radius 2 is 2.00 bits per heavy atom. The summed E-state index contributed by atoms with van der Waals surface area (Å²) >= 11 is 0. The van der Waals surface area contributed by atoms with E-state index in [1.807, 2.05) is 12.3 Å². The molecular formula is C22H33IN4O2. The number of likely N-dealkylation sites (tertiary alicyclic amines) is 1. The number of pyridine rings is 1. The van der Waals surface area contributed by atoms with Crippen LogP contribution in [0.5, 0.6) is 0 Å². The summed E-state index contributed by atoms with van der Waals surface area (Å²) in [5.41, 5.74) is 2.19. The number of rotatable bonds is 8. The number of ether oxygens (including phenoxy) is 2. The lowest BCUT2D eigenvalue weighted by atomic mass is 10.1. The van der Waals surface area contributed by atoms with Gasteiger partial charge in [-0.1, -0.05) is 24.3 Å². The maximum atomic E-state index is 5.98. The van der Waals surface area contributed by atoms with Crippen LogP contribution in [0.15, 0.2) is 41.5 Å². The van der Waals surface area contributed by atoms with Gasteiger partial charge in [-0.25, -0.2) is 4.99 Å². The van der Waals surface area contributed by atoms with E-state index in [0.717, 1.165) is 74.5 Å². The lowest BCUT2D eigenvalue weighted by Crippen LogP contribution is -2.47. The second-order valence-corrected chi connectivity index (χ2v) is 7.07. The molecule has 0 atom stereocenters. The summed E-state index contributed by atoms with van der Waals surface area (Å²) in [6.45, 7) is 7.08. The van der Waals surface area contributed by atoms with Crippen LogP contribution in [0.25, 0.3) is 10.9 Å². The molecule has 2 aromatic rings. The number of benzene rings is 1. The number of fused-ring (bicyclic) bond motifs is 1. The highest BCUT2D eigenvalue weighted by atomic mass is 127. The van der Waals surface area contributed by atoms with Crippen molar-refractivity contribution in [3.8, 4) is 0 Å². The number of hydrogen-bond acceptors (Lipinski definition) is 4. The Balaban J connectivity index is 0.00000300. The topological polar surface area (TPSA) is 59.0 Å². The number of guanidine groups is 1. The molecule has 3 rings (SSSR count). The van der Waals surface area contributed by atoms with Gasteiger partial charge in [-0.05, 0) is 37.8 Å². The van der Waals surface area contributed by atoms with Crippen LogP contribution in [0.2, 0.25) is 0 Å². The fourth-order valence-electron chi connectivity index (χ4n) is 3.57. The Bertz CT molecular complexity index is 758.